The zero-order valence-corrected chi connectivity index (χ0v) is 14.1. The van der Waals surface area contributed by atoms with Gasteiger partial charge in [0.25, 0.3) is 0 Å². The van der Waals surface area contributed by atoms with Gasteiger partial charge in [0.1, 0.15) is 5.75 Å². The van der Waals surface area contributed by atoms with E-state index < -0.39 is 0 Å². The van der Waals surface area contributed by atoms with Crippen molar-refractivity contribution in [2.75, 3.05) is 6.61 Å². The van der Waals surface area contributed by atoms with Crippen molar-refractivity contribution >= 4 is 37.9 Å². The highest BCUT2D eigenvalue weighted by Gasteiger charge is 2.09. The van der Waals surface area contributed by atoms with Crippen molar-refractivity contribution in [3.05, 3.63) is 32.2 Å². The van der Waals surface area contributed by atoms with Crippen LogP contribution >= 0.6 is 31.9 Å². The summed E-state index contributed by atoms with van der Waals surface area (Å²) in [5.41, 5.74) is 8.04. The van der Waals surface area contributed by atoms with Crippen LogP contribution in [0.4, 0.5) is 0 Å². The third-order valence-electron chi connectivity index (χ3n) is 2.59. The average molecular weight is 377 g/mol. The van der Waals surface area contributed by atoms with E-state index in [1.54, 1.807) is 0 Å². The number of nitrogens with two attached hydrogens (primary N) is 1. The van der Waals surface area contributed by atoms with E-state index in [0.717, 1.165) is 32.3 Å². The molecule has 0 amide bonds. The monoisotopic (exact) mass is 375 g/mol. The van der Waals surface area contributed by atoms with Gasteiger partial charge in [0.05, 0.1) is 11.1 Å². The second-order valence-corrected chi connectivity index (χ2v) is 6.10. The molecule has 1 atom stereocenters. The van der Waals surface area contributed by atoms with Gasteiger partial charge in [-0.25, -0.2) is 0 Å². The molecule has 0 aromatic heterocycles. The Morgan fingerprint density at radius 1 is 1.44 bits per heavy atom. The van der Waals surface area contributed by atoms with Crippen LogP contribution in [0.25, 0.3) is 6.08 Å². The molecule has 0 saturated carbocycles. The molecule has 0 heterocycles. The topological polar surface area (TPSA) is 35.2 Å². The van der Waals surface area contributed by atoms with Gasteiger partial charge in [-0.3, -0.25) is 0 Å². The number of rotatable bonds is 5. The van der Waals surface area contributed by atoms with Gasteiger partial charge in [-0.15, -0.1) is 0 Å². The van der Waals surface area contributed by atoms with Gasteiger partial charge < -0.3 is 10.5 Å². The van der Waals surface area contributed by atoms with Crippen LogP contribution in [0, 0.1) is 0 Å². The van der Waals surface area contributed by atoms with Gasteiger partial charge >= 0.3 is 0 Å². The molecular weight excluding hydrogens is 358 g/mol. The van der Waals surface area contributed by atoms with Crippen LogP contribution in [-0.4, -0.2) is 12.6 Å². The summed E-state index contributed by atoms with van der Waals surface area (Å²) in [5.74, 6) is 0.875. The highest BCUT2D eigenvalue weighted by Crippen LogP contribution is 2.34. The molecule has 1 aromatic carbocycles. The first kappa shape index (κ1) is 15.7. The summed E-state index contributed by atoms with van der Waals surface area (Å²) in [5, 5.41) is 0. The van der Waals surface area contributed by atoms with Crippen LogP contribution in [-0.2, 0) is 0 Å². The molecule has 1 unspecified atom stereocenters. The minimum atomic E-state index is 0.0433. The largest absolute Gasteiger partial charge is 0.492 e. The molecule has 0 bridgehead atoms. The standard InChI is InChI=1S/C14H19Br2NO/c1-4-5-18-14-11(6-9(2)10(3)17)7-12(15)8-13(14)16/h6-8,10H,4-5,17H2,1-3H3/b9-6-. The first-order chi connectivity index (χ1) is 8.45. The average Bonchev–Trinajstić information content (AvgIpc) is 2.27. The lowest BCUT2D eigenvalue weighted by Crippen LogP contribution is -2.15. The maximum absolute atomic E-state index is 5.88. The summed E-state index contributed by atoms with van der Waals surface area (Å²) in [7, 11) is 0. The molecule has 2 nitrogen and oxygen atoms in total. The molecule has 1 aromatic rings. The predicted molar refractivity (Wildman–Crippen MR) is 84.9 cm³/mol. The summed E-state index contributed by atoms with van der Waals surface area (Å²) in [6.45, 7) is 6.81. The van der Waals surface area contributed by atoms with Crippen molar-refractivity contribution in [1.82, 2.24) is 0 Å². The molecule has 1 rings (SSSR count). The maximum Gasteiger partial charge on any atom is 0.140 e. The predicted octanol–water partition coefficient (Wildman–Crippen LogP) is 4.75. The van der Waals surface area contributed by atoms with Crippen LogP contribution in [0.15, 0.2) is 26.7 Å². The number of hydrogen-bond donors (Lipinski definition) is 1. The van der Waals surface area contributed by atoms with E-state index >= 15 is 0 Å². The molecule has 18 heavy (non-hydrogen) atoms. The van der Waals surface area contributed by atoms with E-state index in [0.29, 0.717) is 6.61 Å². The summed E-state index contributed by atoms with van der Waals surface area (Å²) in [6, 6.07) is 4.08. The van der Waals surface area contributed by atoms with Crippen molar-refractivity contribution in [1.29, 1.82) is 0 Å². The summed E-state index contributed by atoms with van der Waals surface area (Å²) in [4.78, 5) is 0. The number of ether oxygens (including phenoxy) is 1. The Bertz CT molecular complexity index is 442. The Kier molecular flexibility index (Phi) is 6.39. The van der Waals surface area contributed by atoms with Crippen LogP contribution < -0.4 is 10.5 Å². The zero-order valence-electron chi connectivity index (χ0n) is 11.0. The molecule has 0 saturated heterocycles. The van der Waals surface area contributed by atoms with Gasteiger partial charge in [0, 0.05) is 16.1 Å². The molecular formula is C14H19Br2NO. The minimum Gasteiger partial charge on any atom is -0.492 e. The number of benzene rings is 1. The summed E-state index contributed by atoms with van der Waals surface area (Å²) in [6.07, 6.45) is 3.06. The molecule has 0 spiro atoms. The Balaban J connectivity index is 3.18. The van der Waals surface area contributed by atoms with Crippen LogP contribution in [0.5, 0.6) is 5.75 Å². The molecule has 4 heteroatoms. The third kappa shape index (κ3) is 4.41. The Morgan fingerprint density at radius 2 is 2.11 bits per heavy atom. The fraction of sp³-hybridized carbons (Fsp3) is 0.429. The maximum atomic E-state index is 5.88. The smallest absolute Gasteiger partial charge is 0.140 e. The lowest BCUT2D eigenvalue weighted by molar-refractivity contribution is 0.315. The first-order valence-corrected chi connectivity index (χ1v) is 7.60. The third-order valence-corrected chi connectivity index (χ3v) is 3.64. The molecule has 100 valence electrons. The second-order valence-electron chi connectivity index (χ2n) is 4.33. The fourth-order valence-corrected chi connectivity index (χ4v) is 2.79. The van der Waals surface area contributed by atoms with Crippen LogP contribution in [0.2, 0.25) is 0 Å². The van der Waals surface area contributed by atoms with Gasteiger partial charge in [-0.1, -0.05) is 34.5 Å². The molecule has 2 N–H and O–H groups in total. The highest BCUT2D eigenvalue weighted by molar-refractivity contribution is 9.11. The van der Waals surface area contributed by atoms with Crippen molar-refractivity contribution in [3.8, 4) is 5.75 Å². The second kappa shape index (κ2) is 7.31. The van der Waals surface area contributed by atoms with Crippen molar-refractivity contribution in [3.63, 3.8) is 0 Å². The Hall–Kier alpha value is -0.320. The lowest BCUT2D eigenvalue weighted by Gasteiger charge is -2.13. The minimum absolute atomic E-state index is 0.0433. The Morgan fingerprint density at radius 3 is 2.67 bits per heavy atom. The van der Waals surface area contributed by atoms with Crippen molar-refractivity contribution in [2.24, 2.45) is 5.73 Å². The molecule has 0 fully saturated rings. The van der Waals surface area contributed by atoms with Crippen LogP contribution in [0.3, 0.4) is 0 Å². The van der Waals surface area contributed by atoms with Crippen molar-refractivity contribution in [2.45, 2.75) is 33.2 Å². The lowest BCUT2D eigenvalue weighted by atomic mass is 10.1. The van der Waals surface area contributed by atoms with Gasteiger partial charge in [0.15, 0.2) is 0 Å². The first-order valence-electron chi connectivity index (χ1n) is 6.01. The summed E-state index contributed by atoms with van der Waals surface area (Å²) < 4.78 is 7.77. The van der Waals surface area contributed by atoms with Gasteiger partial charge in [0.2, 0.25) is 0 Å². The normalized spacial score (nSPS) is 13.6. The number of halogens is 2. The molecule has 0 aliphatic rings. The van der Waals surface area contributed by atoms with Crippen molar-refractivity contribution < 1.29 is 4.74 Å². The quantitative estimate of drug-likeness (QED) is 0.804. The fourth-order valence-electron chi connectivity index (χ4n) is 1.42. The van der Waals surface area contributed by atoms with E-state index in [-0.39, 0.29) is 6.04 Å². The van der Waals surface area contributed by atoms with E-state index in [2.05, 4.69) is 44.9 Å². The molecule has 0 aliphatic heterocycles. The van der Waals surface area contributed by atoms with E-state index in [1.807, 2.05) is 26.0 Å². The molecule has 0 radical (unpaired) electrons. The number of hydrogen-bond acceptors (Lipinski definition) is 2. The van der Waals surface area contributed by atoms with E-state index in [1.165, 1.54) is 0 Å². The molecule has 0 aliphatic carbocycles. The Labute approximate surface area is 126 Å². The zero-order chi connectivity index (χ0) is 13.7. The van der Waals surface area contributed by atoms with E-state index in [9.17, 15) is 0 Å². The summed E-state index contributed by atoms with van der Waals surface area (Å²) >= 11 is 7.04. The van der Waals surface area contributed by atoms with E-state index in [4.69, 9.17) is 10.5 Å². The SMILES string of the molecule is CCCOc1c(Br)cc(Br)cc1/C=C(/C)C(C)N. The van der Waals surface area contributed by atoms with Crippen LogP contribution in [0.1, 0.15) is 32.8 Å². The van der Waals surface area contributed by atoms with Gasteiger partial charge in [-0.2, -0.15) is 0 Å². The van der Waals surface area contributed by atoms with Gasteiger partial charge in [-0.05, 0) is 48.3 Å². The highest BCUT2D eigenvalue weighted by atomic mass is 79.9.